The van der Waals surface area contributed by atoms with E-state index in [9.17, 15) is 9.59 Å². The smallest absolute Gasteiger partial charge is 0.314 e. The Kier molecular flexibility index (Phi) is 8.91. The van der Waals surface area contributed by atoms with Gasteiger partial charge < -0.3 is 10.1 Å². The molecular formula is C25H32ClNO3. The lowest BCUT2D eigenvalue weighted by Crippen LogP contribution is -2.32. The van der Waals surface area contributed by atoms with Gasteiger partial charge in [0.25, 0.3) is 5.91 Å². The SMILES string of the molecule is CC(C)Cc1ccc([C@H](C)NC(=O)COC(=O)[C@H](c2ccc(Cl)cc2)C(C)C)cc1. The molecule has 0 unspecified atom stereocenters. The molecule has 2 rings (SSSR count). The van der Waals surface area contributed by atoms with E-state index in [0.717, 1.165) is 17.5 Å². The molecule has 0 bridgehead atoms. The minimum Gasteiger partial charge on any atom is -0.455 e. The van der Waals surface area contributed by atoms with E-state index in [2.05, 4.69) is 31.3 Å². The largest absolute Gasteiger partial charge is 0.455 e. The van der Waals surface area contributed by atoms with Crippen LogP contribution in [0.15, 0.2) is 48.5 Å². The van der Waals surface area contributed by atoms with Crippen LogP contribution < -0.4 is 5.32 Å². The summed E-state index contributed by atoms with van der Waals surface area (Å²) >= 11 is 5.94. The quantitative estimate of drug-likeness (QED) is 0.520. The van der Waals surface area contributed by atoms with Gasteiger partial charge in [0, 0.05) is 5.02 Å². The van der Waals surface area contributed by atoms with E-state index in [1.165, 1.54) is 5.56 Å². The lowest BCUT2D eigenvalue weighted by atomic mass is 9.88. The van der Waals surface area contributed by atoms with Crippen molar-refractivity contribution < 1.29 is 14.3 Å². The van der Waals surface area contributed by atoms with Crippen molar-refractivity contribution in [2.24, 2.45) is 11.8 Å². The number of amides is 1. The summed E-state index contributed by atoms with van der Waals surface area (Å²) in [5.74, 6) is -0.537. The molecule has 30 heavy (non-hydrogen) atoms. The summed E-state index contributed by atoms with van der Waals surface area (Å²) < 4.78 is 5.33. The number of nitrogens with one attached hydrogen (secondary N) is 1. The van der Waals surface area contributed by atoms with E-state index >= 15 is 0 Å². The highest BCUT2D eigenvalue weighted by Crippen LogP contribution is 2.27. The van der Waals surface area contributed by atoms with E-state index in [-0.39, 0.29) is 24.5 Å². The number of carbonyl (C=O) groups is 2. The normalized spacial score (nSPS) is 13.2. The fraction of sp³-hybridized carbons (Fsp3) is 0.440. The molecule has 2 aromatic carbocycles. The van der Waals surface area contributed by atoms with Crippen LogP contribution in [-0.2, 0) is 20.7 Å². The second-order valence-electron chi connectivity index (χ2n) is 8.51. The van der Waals surface area contributed by atoms with Crippen molar-refractivity contribution in [2.75, 3.05) is 6.61 Å². The second-order valence-corrected chi connectivity index (χ2v) is 8.95. The molecule has 0 fully saturated rings. The lowest BCUT2D eigenvalue weighted by Gasteiger charge is -2.20. The molecule has 1 amide bonds. The first-order valence-electron chi connectivity index (χ1n) is 10.5. The van der Waals surface area contributed by atoms with Crippen molar-refractivity contribution in [1.82, 2.24) is 5.32 Å². The summed E-state index contributed by atoms with van der Waals surface area (Å²) in [6.45, 7) is 9.90. The van der Waals surface area contributed by atoms with Gasteiger partial charge >= 0.3 is 5.97 Å². The molecule has 2 aromatic rings. The van der Waals surface area contributed by atoms with Crippen LogP contribution in [0.5, 0.6) is 0 Å². The van der Waals surface area contributed by atoms with Crippen molar-refractivity contribution in [1.29, 1.82) is 0 Å². The fourth-order valence-electron chi connectivity index (χ4n) is 3.47. The van der Waals surface area contributed by atoms with Crippen LogP contribution in [0.3, 0.4) is 0 Å². The van der Waals surface area contributed by atoms with E-state index in [1.54, 1.807) is 12.1 Å². The molecule has 4 nitrogen and oxygen atoms in total. The zero-order chi connectivity index (χ0) is 22.3. The summed E-state index contributed by atoms with van der Waals surface area (Å²) in [5, 5.41) is 3.50. The first-order chi connectivity index (χ1) is 14.2. The van der Waals surface area contributed by atoms with E-state index < -0.39 is 11.9 Å². The predicted molar refractivity (Wildman–Crippen MR) is 122 cm³/mol. The number of hydrogen-bond acceptors (Lipinski definition) is 3. The molecule has 0 aliphatic rings. The standard InChI is InChI=1S/C25H32ClNO3/c1-16(2)14-19-6-8-20(9-7-19)18(5)27-23(28)15-30-25(29)24(17(3)4)21-10-12-22(26)13-11-21/h6-13,16-18,24H,14-15H2,1-5H3,(H,27,28)/t18-,24-/m0/s1. The highest BCUT2D eigenvalue weighted by atomic mass is 35.5. The van der Waals surface area contributed by atoms with Gasteiger partial charge in [-0.25, -0.2) is 0 Å². The first kappa shape index (κ1) is 23.9. The monoisotopic (exact) mass is 429 g/mol. The van der Waals surface area contributed by atoms with Crippen LogP contribution in [0, 0.1) is 11.8 Å². The zero-order valence-electron chi connectivity index (χ0n) is 18.4. The lowest BCUT2D eigenvalue weighted by molar-refractivity contribution is -0.151. The zero-order valence-corrected chi connectivity index (χ0v) is 19.2. The number of benzene rings is 2. The molecule has 0 saturated heterocycles. The minimum atomic E-state index is -0.444. The average Bonchev–Trinajstić information content (AvgIpc) is 2.68. The van der Waals surface area contributed by atoms with Gasteiger partial charge in [0.2, 0.25) is 0 Å². The Morgan fingerprint density at radius 1 is 0.900 bits per heavy atom. The van der Waals surface area contributed by atoms with Crippen LogP contribution in [0.1, 0.15) is 63.3 Å². The molecule has 2 atom stereocenters. The third-order valence-corrected chi connectivity index (χ3v) is 5.25. The van der Waals surface area contributed by atoms with Gasteiger partial charge in [-0.2, -0.15) is 0 Å². The van der Waals surface area contributed by atoms with Crippen LogP contribution in [0.2, 0.25) is 5.02 Å². The Bertz CT molecular complexity index is 828. The third-order valence-electron chi connectivity index (χ3n) is 5.00. The van der Waals surface area contributed by atoms with Gasteiger partial charge in [-0.05, 0) is 54.0 Å². The van der Waals surface area contributed by atoms with E-state index in [1.807, 2.05) is 45.0 Å². The molecule has 0 saturated carbocycles. The van der Waals surface area contributed by atoms with Gasteiger partial charge in [-0.3, -0.25) is 9.59 Å². The summed E-state index contributed by atoms with van der Waals surface area (Å²) in [6.07, 6.45) is 1.03. The second kappa shape index (κ2) is 11.2. The van der Waals surface area contributed by atoms with Gasteiger partial charge in [0.1, 0.15) is 0 Å². The highest BCUT2D eigenvalue weighted by molar-refractivity contribution is 6.30. The molecule has 162 valence electrons. The van der Waals surface area contributed by atoms with Crippen LogP contribution >= 0.6 is 11.6 Å². The maximum absolute atomic E-state index is 12.6. The van der Waals surface area contributed by atoms with E-state index in [4.69, 9.17) is 16.3 Å². The third kappa shape index (κ3) is 7.17. The molecule has 5 heteroatoms. The van der Waals surface area contributed by atoms with Gasteiger partial charge in [0.05, 0.1) is 12.0 Å². The van der Waals surface area contributed by atoms with Gasteiger partial charge in [0.15, 0.2) is 6.61 Å². The Balaban J connectivity index is 1.90. The number of carbonyl (C=O) groups excluding carboxylic acids is 2. The predicted octanol–water partition coefficient (Wildman–Crippen LogP) is 5.70. The Hall–Kier alpha value is -2.33. The van der Waals surface area contributed by atoms with E-state index in [0.29, 0.717) is 10.9 Å². The number of ether oxygens (including phenoxy) is 1. The number of esters is 1. The van der Waals surface area contributed by atoms with Crippen molar-refractivity contribution in [3.8, 4) is 0 Å². The Morgan fingerprint density at radius 2 is 1.47 bits per heavy atom. The van der Waals surface area contributed by atoms with Crippen LogP contribution in [0.25, 0.3) is 0 Å². The maximum atomic E-state index is 12.6. The minimum absolute atomic E-state index is 0.0324. The number of halogens is 1. The van der Waals surface area contributed by atoms with Crippen molar-refractivity contribution in [3.05, 3.63) is 70.2 Å². The van der Waals surface area contributed by atoms with Crippen molar-refractivity contribution >= 4 is 23.5 Å². The van der Waals surface area contributed by atoms with Gasteiger partial charge in [-0.1, -0.05) is 75.7 Å². The fourth-order valence-corrected chi connectivity index (χ4v) is 3.60. The summed E-state index contributed by atoms with van der Waals surface area (Å²) in [7, 11) is 0. The maximum Gasteiger partial charge on any atom is 0.314 e. The molecule has 1 N–H and O–H groups in total. The number of rotatable bonds is 9. The number of hydrogen-bond donors (Lipinski definition) is 1. The molecule has 0 heterocycles. The van der Waals surface area contributed by atoms with Crippen molar-refractivity contribution in [2.45, 2.75) is 53.0 Å². The average molecular weight is 430 g/mol. The van der Waals surface area contributed by atoms with Gasteiger partial charge in [-0.15, -0.1) is 0 Å². The first-order valence-corrected chi connectivity index (χ1v) is 10.9. The summed E-state index contributed by atoms with van der Waals surface area (Å²) in [4.78, 5) is 24.9. The Labute approximate surface area is 185 Å². The summed E-state index contributed by atoms with van der Waals surface area (Å²) in [6, 6.07) is 15.2. The van der Waals surface area contributed by atoms with Crippen molar-refractivity contribution in [3.63, 3.8) is 0 Å². The molecule has 0 aliphatic carbocycles. The highest BCUT2D eigenvalue weighted by Gasteiger charge is 2.26. The van der Waals surface area contributed by atoms with Crippen LogP contribution in [0.4, 0.5) is 0 Å². The molecule has 0 aliphatic heterocycles. The molecular weight excluding hydrogens is 398 g/mol. The molecule has 0 aromatic heterocycles. The molecule has 0 radical (unpaired) electrons. The Morgan fingerprint density at radius 3 is 2.00 bits per heavy atom. The topological polar surface area (TPSA) is 55.4 Å². The summed E-state index contributed by atoms with van der Waals surface area (Å²) in [5.41, 5.74) is 3.13. The molecule has 0 spiro atoms. The van der Waals surface area contributed by atoms with Crippen LogP contribution in [-0.4, -0.2) is 18.5 Å².